The molecule has 1 aromatic rings. The minimum Gasteiger partial charge on any atom is -0.327 e. The van der Waals surface area contributed by atoms with Gasteiger partial charge in [0.25, 0.3) is 0 Å². The highest BCUT2D eigenvalue weighted by Crippen LogP contribution is 2.26. The van der Waals surface area contributed by atoms with E-state index in [2.05, 4.69) is 5.32 Å². The number of benzene rings is 1. The first-order valence-corrected chi connectivity index (χ1v) is 6.88. The van der Waals surface area contributed by atoms with Crippen molar-refractivity contribution in [3.05, 3.63) is 29.6 Å². The van der Waals surface area contributed by atoms with Crippen LogP contribution in [0.1, 0.15) is 37.7 Å². The Balaban J connectivity index is 0.00000200. The molecule has 0 spiro atoms. The van der Waals surface area contributed by atoms with Crippen LogP contribution >= 0.6 is 12.4 Å². The summed E-state index contributed by atoms with van der Waals surface area (Å²) in [6.07, 6.45) is 4.63. The van der Waals surface area contributed by atoms with E-state index in [1.165, 1.54) is 6.07 Å². The molecule has 0 radical (unpaired) electrons. The van der Waals surface area contributed by atoms with Crippen LogP contribution < -0.4 is 11.1 Å². The maximum Gasteiger partial charge on any atom is 0.224 e. The Kier molecular flexibility index (Phi) is 6.43. The lowest BCUT2D eigenvalue weighted by atomic mass is 9.83. The molecule has 1 fully saturated rings. The van der Waals surface area contributed by atoms with Crippen molar-refractivity contribution in [1.82, 2.24) is 0 Å². The second-order valence-corrected chi connectivity index (χ2v) is 5.44. The SMILES string of the molecule is Cc1ccc(NC(=O)CC2CCCCC2N)c(F)c1.Cl. The number of carbonyl (C=O) groups excluding carboxylic acids is 1. The Morgan fingerprint density at radius 1 is 1.40 bits per heavy atom. The fourth-order valence-corrected chi connectivity index (χ4v) is 2.65. The molecule has 3 nitrogen and oxygen atoms in total. The molecule has 20 heavy (non-hydrogen) atoms. The van der Waals surface area contributed by atoms with Crippen LogP contribution in [0.3, 0.4) is 0 Å². The molecule has 1 amide bonds. The molecule has 2 rings (SSSR count). The molecule has 1 aromatic carbocycles. The van der Waals surface area contributed by atoms with Gasteiger partial charge in [-0.2, -0.15) is 0 Å². The Labute approximate surface area is 125 Å². The zero-order valence-corrected chi connectivity index (χ0v) is 12.5. The number of hydrogen-bond donors (Lipinski definition) is 2. The molecule has 1 aliphatic carbocycles. The molecule has 0 aromatic heterocycles. The molecule has 0 aliphatic heterocycles. The number of halogens is 2. The third kappa shape index (κ3) is 4.46. The van der Waals surface area contributed by atoms with Crippen LogP contribution in [-0.2, 0) is 4.79 Å². The normalized spacial score (nSPS) is 21.9. The van der Waals surface area contributed by atoms with Gasteiger partial charge in [0.1, 0.15) is 5.82 Å². The van der Waals surface area contributed by atoms with Gasteiger partial charge in [0.2, 0.25) is 5.91 Å². The molecule has 5 heteroatoms. The van der Waals surface area contributed by atoms with Crippen molar-refractivity contribution in [3.8, 4) is 0 Å². The second-order valence-electron chi connectivity index (χ2n) is 5.44. The summed E-state index contributed by atoms with van der Waals surface area (Å²) in [5.41, 5.74) is 7.10. The number of aryl methyl sites for hydroxylation is 1. The quantitative estimate of drug-likeness (QED) is 0.899. The van der Waals surface area contributed by atoms with E-state index in [0.29, 0.717) is 6.42 Å². The van der Waals surface area contributed by atoms with Crippen molar-refractivity contribution in [2.24, 2.45) is 11.7 Å². The summed E-state index contributed by atoms with van der Waals surface area (Å²) in [6.45, 7) is 1.82. The molecule has 3 N–H and O–H groups in total. The summed E-state index contributed by atoms with van der Waals surface area (Å²) in [7, 11) is 0. The molecular formula is C15H22ClFN2O. The smallest absolute Gasteiger partial charge is 0.224 e. The van der Waals surface area contributed by atoms with Gasteiger partial charge in [-0.15, -0.1) is 12.4 Å². The molecule has 2 atom stereocenters. The fraction of sp³-hybridized carbons (Fsp3) is 0.533. The van der Waals surface area contributed by atoms with Crippen molar-refractivity contribution in [3.63, 3.8) is 0 Å². The van der Waals surface area contributed by atoms with E-state index in [-0.39, 0.29) is 41.8 Å². The van der Waals surface area contributed by atoms with E-state index in [1.54, 1.807) is 12.1 Å². The van der Waals surface area contributed by atoms with E-state index in [1.807, 2.05) is 6.92 Å². The van der Waals surface area contributed by atoms with Crippen molar-refractivity contribution in [2.75, 3.05) is 5.32 Å². The molecule has 0 heterocycles. The number of nitrogens with one attached hydrogen (secondary N) is 1. The van der Waals surface area contributed by atoms with Gasteiger partial charge in [-0.3, -0.25) is 4.79 Å². The van der Waals surface area contributed by atoms with E-state index >= 15 is 0 Å². The number of amides is 1. The van der Waals surface area contributed by atoms with Gasteiger partial charge < -0.3 is 11.1 Å². The summed E-state index contributed by atoms with van der Waals surface area (Å²) >= 11 is 0. The molecule has 1 saturated carbocycles. The Hall–Kier alpha value is -1.13. The number of anilines is 1. The lowest BCUT2D eigenvalue weighted by Crippen LogP contribution is -2.35. The number of hydrogen-bond acceptors (Lipinski definition) is 2. The molecule has 2 unspecified atom stereocenters. The molecular weight excluding hydrogens is 279 g/mol. The third-order valence-corrected chi connectivity index (χ3v) is 3.81. The van der Waals surface area contributed by atoms with Crippen LogP contribution in [0.25, 0.3) is 0 Å². The summed E-state index contributed by atoms with van der Waals surface area (Å²) < 4.78 is 13.6. The second kappa shape index (κ2) is 7.60. The molecule has 112 valence electrons. The maximum absolute atomic E-state index is 13.6. The Bertz CT molecular complexity index is 467. The summed E-state index contributed by atoms with van der Waals surface area (Å²) in [5, 5.41) is 2.64. The van der Waals surface area contributed by atoms with Crippen molar-refractivity contribution in [2.45, 2.75) is 45.1 Å². The standard InChI is InChI=1S/C15H21FN2O.ClH/c1-10-6-7-14(12(16)8-10)18-15(19)9-11-4-2-3-5-13(11)17;/h6-8,11,13H,2-5,9,17H2,1H3,(H,18,19);1H. The summed E-state index contributed by atoms with van der Waals surface area (Å²) in [4.78, 5) is 11.9. The average molecular weight is 301 g/mol. The average Bonchev–Trinajstić information content (AvgIpc) is 2.36. The summed E-state index contributed by atoms with van der Waals surface area (Å²) in [5.74, 6) is -0.311. The van der Waals surface area contributed by atoms with Crippen LogP contribution in [-0.4, -0.2) is 11.9 Å². The highest BCUT2D eigenvalue weighted by atomic mass is 35.5. The van der Waals surface area contributed by atoms with Crippen molar-refractivity contribution < 1.29 is 9.18 Å². The predicted octanol–water partition coefficient (Wildman–Crippen LogP) is 3.40. The lowest BCUT2D eigenvalue weighted by Gasteiger charge is -2.27. The minimum absolute atomic E-state index is 0. The van der Waals surface area contributed by atoms with Gasteiger partial charge >= 0.3 is 0 Å². The highest BCUT2D eigenvalue weighted by molar-refractivity contribution is 5.91. The zero-order chi connectivity index (χ0) is 13.8. The number of rotatable bonds is 3. The van der Waals surface area contributed by atoms with Gasteiger partial charge in [0.05, 0.1) is 5.69 Å². The molecule has 0 bridgehead atoms. The van der Waals surface area contributed by atoms with Crippen LogP contribution in [0.4, 0.5) is 10.1 Å². The predicted molar refractivity (Wildman–Crippen MR) is 81.6 cm³/mol. The highest BCUT2D eigenvalue weighted by Gasteiger charge is 2.24. The molecule has 0 saturated heterocycles. The maximum atomic E-state index is 13.6. The minimum atomic E-state index is -0.388. The van der Waals surface area contributed by atoms with E-state index in [4.69, 9.17) is 5.73 Å². The van der Waals surface area contributed by atoms with E-state index in [0.717, 1.165) is 31.2 Å². The molecule has 1 aliphatic rings. The third-order valence-electron chi connectivity index (χ3n) is 3.81. The first-order valence-electron chi connectivity index (χ1n) is 6.88. The Morgan fingerprint density at radius 2 is 2.10 bits per heavy atom. The summed E-state index contributed by atoms with van der Waals surface area (Å²) in [6, 6.07) is 4.90. The van der Waals surface area contributed by atoms with Gasteiger partial charge in [-0.25, -0.2) is 4.39 Å². The Morgan fingerprint density at radius 3 is 2.75 bits per heavy atom. The van der Waals surface area contributed by atoms with Gasteiger partial charge in [0, 0.05) is 12.5 Å². The zero-order valence-electron chi connectivity index (χ0n) is 11.7. The van der Waals surface area contributed by atoms with Gasteiger partial charge in [0.15, 0.2) is 0 Å². The van der Waals surface area contributed by atoms with Crippen LogP contribution in [0, 0.1) is 18.7 Å². The van der Waals surface area contributed by atoms with Crippen LogP contribution in [0.15, 0.2) is 18.2 Å². The topological polar surface area (TPSA) is 55.1 Å². The van der Waals surface area contributed by atoms with Gasteiger partial charge in [-0.1, -0.05) is 18.9 Å². The number of nitrogens with two attached hydrogens (primary N) is 1. The van der Waals surface area contributed by atoms with Crippen molar-refractivity contribution in [1.29, 1.82) is 0 Å². The first-order chi connectivity index (χ1) is 9.06. The number of carbonyl (C=O) groups is 1. The van der Waals surface area contributed by atoms with Crippen molar-refractivity contribution >= 4 is 24.0 Å². The van der Waals surface area contributed by atoms with Gasteiger partial charge in [-0.05, 0) is 43.4 Å². The van der Waals surface area contributed by atoms with Crippen LogP contribution in [0.2, 0.25) is 0 Å². The lowest BCUT2D eigenvalue weighted by molar-refractivity contribution is -0.117. The fourth-order valence-electron chi connectivity index (χ4n) is 2.65. The first kappa shape index (κ1) is 16.9. The largest absolute Gasteiger partial charge is 0.327 e. The van der Waals surface area contributed by atoms with Crippen LogP contribution in [0.5, 0.6) is 0 Å². The monoisotopic (exact) mass is 300 g/mol. The van der Waals surface area contributed by atoms with E-state index < -0.39 is 0 Å². The van der Waals surface area contributed by atoms with E-state index in [9.17, 15) is 9.18 Å².